The van der Waals surface area contributed by atoms with E-state index in [1.807, 2.05) is 23.6 Å². The molecule has 2 aliphatic rings. The van der Waals surface area contributed by atoms with Crippen LogP contribution in [0.15, 0.2) is 30.5 Å². The van der Waals surface area contributed by atoms with Gasteiger partial charge in [-0.3, -0.25) is 10.2 Å². The summed E-state index contributed by atoms with van der Waals surface area (Å²) in [5.41, 5.74) is 2.21. The number of rotatable bonds is 7. The lowest BCUT2D eigenvalue weighted by Crippen LogP contribution is -2.49. The molecule has 2 heterocycles. The Morgan fingerprint density at radius 1 is 1.39 bits per heavy atom. The number of nitrogens with one attached hydrogen (secondary N) is 3. The van der Waals surface area contributed by atoms with Crippen molar-refractivity contribution in [3.63, 3.8) is 0 Å². The fourth-order valence-corrected chi connectivity index (χ4v) is 3.89. The zero-order chi connectivity index (χ0) is 19.5. The van der Waals surface area contributed by atoms with Crippen LogP contribution < -0.4 is 10.6 Å². The van der Waals surface area contributed by atoms with Crippen LogP contribution in [0.4, 0.5) is 0 Å². The largest absolute Gasteiger partial charge is 0.368 e. The first-order valence-electron chi connectivity index (χ1n) is 10.2. The molecular weight excluding hydrogens is 354 g/mol. The van der Waals surface area contributed by atoms with E-state index < -0.39 is 0 Å². The van der Waals surface area contributed by atoms with Gasteiger partial charge in [-0.05, 0) is 31.4 Å². The Kier molecular flexibility index (Phi) is 5.64. The van der Waals surface area contributed by atoms with Crippen LogP contribution in [0.2, 0.25) is 0 Å². The molecule has 1 atom stereocenters. The number of para-hydroxylation sites is 1. The molecule has 0 spiro atoms. The summed E-state index contributed by atoms with van der Waals surface area (Å²) in [4.78, 5) is 14.3. The van der Waals surface area contributed by atoms with E-state index >= 15 is 0 Å². The van der Waals surface area contributed by atoms with Gasteiger partial charge in [-0.15, -0.1) is 0 Å². The molecule has 1 saturated carbocycles. The third kappa shape index (κ3) is 4.05. The van der Waals surface area contributed by atoms with Gasteiger partial charge in [0.05, 0.1) is 6.61 Å². The van der Waals surface area contributed by atoms with Crippen molar-refractivity contribution in [2.45, 2.75) is 45.0 Å². The number of carbonyl (C=O) groups excluding carboxylic acids is 1. The van der Waals surface area contributed by atoms with Gasteiger partial charge in [-0.1, -0.05) is 18.2 Å². The van der Waals surface area contributed by atoms with Gasteiger partial charge in [0.15, 0.2) is 0 Å². The van der Waals surface area contributed by atoms with Crippen LogP contribution in [0.1, 0.15) is 25.3 Å². The maximum Gasteiger partial charge on any atom is 0.239 e. The van der Waals surface area contributed by atoms with E-state index in [0.717, 1.165) is 35.9 Å². The molecule has 150 valence electrons. The van der Waals surface area contributed by atoms with E-state index in [9.17, 15) is 4.79 Å². The molecule has 1 aromatic carbocycles. The second kappa shape index (κ2) is 8.32. The molecule has 0 radical (unpaired) electrons. The number of amidine groups is 1. The number of morpholine rings is 1. The van der Waals surface area contributed by atoms with Crippen molar-refractivity contribution in [3.8, 4) is 0 Å². The molecular formula is C21H29N5O2. The Bertz CT molecular complexity index is 852. The summed E-state index contributed by atoms with van der Waals surface area (Å²) in [6.07, 6.45) is 4.14. The molecule has 28 heavy (non-hydrogen) atoms. The van der Waals surface area contributed by atoms with Crippen LogP contribution in [0.5, 0.6) is 0 Å². The lowest BCUT2D eigenvalue weighted by atomic mass is 10.1. The Morgan fingerprint density at radius 3 is 2.93 bits per heavy atom. The van der Waals surface area contributed by atoms with Crippen molar-refractivity contribution in [2.75, 3.05) is 26.2 Å². The number of ether oxygens (including phenoxy) is 1. The molecule has 1 unspecified atom stereocenters. The van der Waals surface area contributed by atoms with Gasteiger partial charge in [0.1, 0.15) is 18.5 Å². The average Bonchev–Trinajstić information content (AvgIpc) is 3.50. The molecule has 4 rings (SSSR count). The normalized spacial score (nSPS) is 19.5. The monoisotopic (exact) mass is 383 g/mol. The SMILES string of the molecule is CCNC(=O)Cn1cc(CN(C(=N)C2CNCCO2)C2CC2)c2ccccc21. The summed E-state index contributed by atoms with van der Waals surface area (Å²) in [6, 6.07) is 8.61. The van der Waals surface area contributed by atoms with Gasteiger partial charge in [-0.2, -0.15) is 0 Å². The maximum absolute atomic E-state index is 12.1. The zero-order valence-corrected chi connectivity index (χ0v) is 16.4. The van der Waals surface area contributed by atoms with E-state index in [1.165, 1.54) is 0 Å². The van der Waals surface area contributed by atoms with Crippen molar-refractivity contribution in [2.24, 2.45) is 0 Å². The summed E-state index contributed by atoms with van der Waals surface area (Å²) in [7, 11) is 0. The zero-order valence-electron chi connectivity index (χ0n) is 16.4. The Balaban J connectivity index is 1.58. The fraction of sp³-hybridized carbons (Fsp3) is 0.524. The highest BCUT2D eigenvalue weighted by molar-refractivity contribution is 5.88. The van der Waals surface area contributed by atoms with Gasteiger partial charge in [-0.25, -0.2) is 0 Å². The maximum atomic E-state index is 12.1. The van der Waals surface area contributed by atoms with E-state index in [0.29, 0.717) is 44.7 Å². The van der Waals surface area contributed by atoms with E-state index in [-0.39, 0.29) is 12.0 Å². The van der Waals surface area contributed by atoms with Crippen LogP contribution in [-0.4, -0.2) is 59.6 Å². The lowest BCUT2D eigenvalue weighted by Gasteiger charge is -2.32. The molecule has 2 aromatic rings. The third-order valence-electron chi connectivity index (χ3n) is 5.43. The van der Waals surface area contributed by atoms with Crippen molar-refractivity contribution < 1.29 is 9.53 Å². The van der Waals surface area contributed by atoms with Crippen LogP contribution in [-0.2, 0) is 22.6 Å². The van der Waals surface area contributed by atoms with Crippen LogP contribution in [0.25, 0.3) is 10.9 Å². The van der Waals surface area contributed by atoms with Gasteiger partial charge < -0.3 is 24.8 Å². The topological polar surface area (TPSA) is 82.4 Å². The van der Waals surface area contributed by atoms with E-state index in [4.69, 9.17) is 10.1 Å². The quantitative estimate of drug-likeness (QED) is 0.502. The molecule has 7 nitrogen and oxygen atoms in total. The number of likely N-dealkylation sites (N-methyl/N-ethyl adjacent to an activating group) is 1. The number of hydrogen-bond donors (Lipinski definition) is 3. The fourth-order valence-electron chi connectivity index (χ4n) is 3.89. The molecule has 0 bridgehead atoms. The number of nitrogens with zero attached hydrogens (tertiary/aromatic N) is 2. The van der Waals surface area contributed by atoms with Crippen LogP contribution >= 0.6 is 0 Å². The lowest BCUT2D eigenvalue weighted by molar-refractivity contribution is -0.121. The minimum atomic E-state index is -0.182. The van der Waals surface area contributed by atoms with Crippen LogP contribution in [0, 0.1) is 5.41 Å². The van der Waals surface area contributed by atoms with Gasteiger partial charge >= 0.3 is 0 Å². The van der Waals surface area contributed by atoms with Crippen molar-refractivity contribution in [1.82, 2.24) is 20.1 Å². The third-order valence-corrected chi connectivity index (χ3v) is 5.43. The Hall–Kier alpha value is -2.38. The highest BCUT2D eigenvalue weighted by Crippen LogP contribution is 2.31. The molecule has 1 aliphatic heterocycles. The second-order valence-corrected chi connectivity index (χ2v) is 7.56. The summed E-state index contributed by atoms with van der Waals surface area (Å²) in [6.45, 7) is 5.74. The smallest absolute Gasteiger partial charge is 0.239 e. The minimum absolute atomic E-state index is 0.0169. The van der Waals surface area contributed by atoms with Gasteiger partial charge in [0, 0.05) is 49.3 Å². The minimum Gasteiger partial charge on any atom is -0.368 e. The highest BCUT2D eigenvalue weighted by Gasteiger charge is 2.35. The number of carbonyl (C=O) groups is 1. The number of amides is 1. The molecule has 2 fully saturated rings. The number of aromatic nitrogens is 1. The molecule has 1 amide bonds. The summed E-state index contributed by atoms with van der Waals surface area (Å²) < 4.78 is 7.84. The molecule has 7 heteroatoms. The Labute approximate surface area is 165 Å². The number of benzene rings is 1. The van der Waals surface area contributed by atoms with Crippen molar-refractivity contribution in [3.05, 3.63) is 36.0 Å². The highest BCUT2D eigenvalue weighted by atomic mass is 16.5. The predicted molar refractivity (Wildman–Crippen MR) is 110 cm³/mol. The Morgan fingerprint density at radius 2 is 2.21 bits per heavy atom. The van der Waals surface area contributed by atoms with E-state index in [2.05, 4.69) is 33.9 Å². The summed E-state index contributed by atoms with van der Waals surface area (Å²) in [5, 5.41) is 16.1. The first-order valence-corrected chi connectivity index (χ1v) is 10.2. The van der Waals surface area contributed by atoms with Crippen molar-refractivity contribution >= 4 is 22.6 Å². The average molecular weight is 383 g/mol. The van der Waals surface area contributed by atoms with E-state index in [1.54, 1.807) is 0 Å². The van der Waals surface area contributed by atoms with Crippen LogP contribution in [0.3, 0.4) is 0 Å². The predicted octanol–water partition coefficient (Wildman–Crippen LogP) is 1.71. The number of fused-ring (bicyclic) bond motifs is 1. The standard InChI is InChI=1S/C21H29N5O2/c1-2-24-20(27)14-25-12-15(17-5-3-4-6-18(17)25)13-26(16-7-8-16)21(22)19-11-23-9-10-28-19/h3-6,12,16,19,22-23H,2,7-11,13-14H2,1H3,(H,24,27). The van der Waals surface area contributed by atoms with Gasteiger partial charge in [0.2, 0.25) is 5.91 Å². The molecule has 1 saturated heterocycles. The first kappa shape index (κ1) is 19.0. The summed E-state index contributed by atoms with van der Waals surface area (Å²) in [5.74, 6) is 0.582. The second-order valence-electron chi connectivity index (χ2n) is 7.56. The van der Waals surface area contributed by atoms with Crippen molar-refractivity contribution in [1.29, 1.82) is 5.41 Å². The molecule has 1 aliphatic carbocycles. The molecule has 3 N–H and O–H groups in total. The van der Waals surface area contributed by atoms with Gasteiger partial charge in [0.25, 0.3) is 0 Å². The molecule has 1 aromatic heterocycles. The number of hydrogen-bond acceptors (Lipinski definition) is 4. The summed E-state index contributed by atoms with van der Waals surface area (Å²) >= 11 is 0. The first-order chi connectivity index (χ1) is 13.7.